The molecule has 0 amide bonds. The van der Waals surface area contributed by atoms with Crippen molar-refractivity contribution in [2.75, 3.05) is 0 Å². The Balaban J connectivity index is 2.38. The summed E-state index contributed by atoms with van der Waals surface area (Å²) < 4.78 is 0.862. The Morgan fingerprint density at radius 2 is 2.00 bits per heavy atom. The Morgan fingerprint density at radius 3 is 2.67 bits per heavy atom. The van der Waals surface area contributed by atoms with Gasteiger partial charge in [-0.15, -0.1) is 0 Å². The summed E-state index contributed by atoms with van der Waals surface area (Å²) in [6.07, 6.45) is 6.52. The van der Waals surface area contributed by atoms with Gasteiger partial charge in [-0.2, -0.15) is 0 Å². The summed E-state index contributed by atoms with van der Waals surface area (Å²) in [5.41, 5.74) is -0.00945. The van der Waals surface area contributed by atoms with E-state index >= 15 is 0 Å². The van der Waals surface area contributed by atoms with Gasteiger partial charge in [0.1, 0.15) is 5.15 Å². The minimum atomic E-state index is -0.772. The van der Waals surface area contributed by atoms with Crippen LogP contribution in [0.4, 0.5) is 0 Å². The molecule has 0 saturated heterocycles. The number of aliphatic hydroxyl groups is 1. The SMILES string of the molecule is OC1(c2cc(Br)cnc2Cl)CCCCC1. The van der Waals surface area contributed by atoms with E-state index in [1.54, 1.807) is 6.20 Å². The Hall–Kier alpha value is -0.120. The Labute approximate surface area is 103 Å². The van der Waals surface area contributed by atoms with Crippen LogP contribution >= 0.6 is 27.5 Å². The van der Waals surface area contributed by atoms with Crippen molar-refractivity contribution in [1.82, 2.24) is 4.98 Å². The quantitative estimate of drug-likeness (QED) is 0.801. The van der Waals surface area contributed by atoms with E-state index < -0.39 is 5.60 Å². The smallest absolute Gasteiger partial charge is 0.135 e. The summed E-state index contributed by atoms with van der Waals surface area (Å²) in [6, 6.07) is 1.88. The van der Waals surface area contributed by atoms with Gasteiger partial charge in [0, 0.05) is 16.2 Å². The van der Waals surface area contributed by atoms with Crippen molar-refractivity contribution in [3.05, 3.63) is 27.5 Å². The highest BCUT2D eigenvalue weighted by atomic mass is 79.9. The molecule has 0 atom stereocenters. The standard InChI is InChI=1S/C11H13BrClNO/c12-8-6-9(10(13)14-7-8)11(15)4-2-1-3-5-11/h6-7,15H,1-5H2. The zero-order valence-electron chi connectivity index (χ0n) is 8.34. The van der Waals surface area contributed by atoms with Crippen molar-refractivity contribution in [1.29, 1.82) is 0 Å². The van der Waals surface area contributed by atoms with E-state index in [0.29, 0.717) is 5.15 Å². The summed E-state index contributed by atoms with van der Waals surface area (Å²) in [5.74, 6) is 0. The molecule has 1 aromatic rings. The van der Waals surface area contributed by atoms with Crippen LogP contribution in [-0.2, 0) is 5.60 Å². The van der Waals surface area contributed by atoms with Gasteiger partial charge in [0.15, 0.2) is 0 Å². The second-order valence-corrected chi connectivity index (χ2v) is 5.36. The lowest BCUT2D eigenvalue weighted by Crippen LogP contribution is -2.29. The average Bonchev–Trinajstić information content (AvgIpc) is 2.23. The minimum Gasteiger partial charge on any atom is -0.385 e. The number of halogens is 2. The van der Waals surface area contributed by atoms with Gasteiger partial charge in [-0.25, -0.2) is 4.98 Å². The molecular formula is C11H13BrClNO. The number of nitrogens with zero attached hydrogens (tertiary/aromatic N) is 1. The number of hydrogen-bond donors (Lipinski definition) is 1. The third kappa shape index (κ3) is 2.35. The zero-order chi connectivity index (χ0) is 10.9. The van der Waals surface area contributed by atoms with Gasteiger partial charge in [0.05, 0.1) is 5.60 Å². The number of hydrogen-bond acceptors (Lipinski definition) is 2. The van der Waals surface area contributed by atoms with E-state index in [-0.39, 0.29) is 0 Å². The lowest BCUT2D eigenvalue weighted by molar-refractivity contribution is -0.000869. The van der Waals surface area contributed by atoms with Crippen LogP contribution in [0.15, 0.2) is 16.7 Å². The molecule has 1 N–H and O–H groups in total. The summed E-state index contributed by atoms with van der Waals surface area (Å²) >= 11 is 9.38. The first-order valence-corrected chi connectivity index (χ1v) is 6.33. The first-order valence-electron chi connectivity index (χ1n) is 5.16. The molecule has 0 aliphatic heterocycles. The van der Waals surface area contributed by atoms with Crippen LogP contribution in [0.3, 0.4) is 0 Å². The molecule has 0 radical (unpaired) electrons. The van der Waals surface area contributed by atoms with E-state index in [0.717, 1.165) is 35.7 Å². The van der Waals surface area contributed by atoms with Crippen LogP contribution in [-0.4, -0.2) is 10.1 Å². The van der Waals surface area contributed by atoms with E-state index in [9.17, 15) is 5.11 Å². The van der Waals surface area contributed by atoms with Crippen LogP contribution in [0.1, 0.15) is 37.7 Å². The maximum Gasteiger partial charge on any atom is 0.135 e. The molecule has 82 valence electrons. The van der Waals surface area contributed by atoms with Crippen LogP contribution in [0, 0.1) is 0 Å². The fraction of sp³-hybridized carbons (Fsp3) is 0.545. The van der Waals surface area contributed by atoms with E-state index in [2.05, 4.69) is 20.9 Å². The first-order chi connectivity index (χ1) is 7.12. The highest BCUT2D eigenvalue weighted by Crippen LogP contribution is 2.40. The molecule has 1 saturated carbocycles. The summed E-state index contributed by atoms with van der Waals surface area (Å²) in [7, 11) is 0. The fourth-order valence-electron chi connectivity index (χ4n) is 2.15. The van der Waals surface area contributed by atoms with Gasteiger partial charge in [0.2, 0.25) is 0 Å². The van der Waals surface area contributed by atoms with Crippen molar-refractivity contribution >= 4 is 27.5 Å². The predicted octanol–water partition coefficient (Wildman–Crippen LogP) is 3.65. The second kappa shape index (κ2) is 4.40. The molecule has 0 aromatic carbocycles. The highest BCUT2D eigenvalue weighted by Gasteiger charge is 2.33. The number of aromatic nitrogens is 1. The minimum absolute atomic E-state index is 0.419. The van der Waals surface area contributed by atoms with Gasteiger partial charge in [-0.1, -0.05) is 30.9 Å². The summed E-state index contributed by atoms with van der Waals surface area (Å²) in [5, 5.41) is 10.9. The maximum atomic E-state index is 10.5. The molecule has 2 nitrogen and oxygen atoms in total. The molecule has 1 aromatic heterocycles. The lowest BCUT2D eigenvalue weighted by Gasteiger charge is -2.32. The van der Waals surface area contributed by atoms with Crippen LogP contribution in [0.25, 0.3) is 0 Å². The molecule has 1 heterocycles. The largest absolute Gasteiger partial charge is 0.385 e. The molecule has 4 heteroatoms. The van der Waals surface area contributed by atoms with Crippen molar-refractivity contribution in [3.63, 3.8) is 0 Å². The predicted molar refractivity (Wildman–Crippen MR) is 63.9 cm³/mol. The second-order valence-electron chi connectivity index (χ2n) is 4.08. The van der Waals surface area contributed by atoms with Crippen LogP contribution in [0.5, 0.6) is 0 Å². The van der Waals surface area contributed by atoms with E-state index in [4.69, 9.17) is 11.6 Å². The van der Waals surface area contributed by atoms with Crippen molar-refractivity contribution < 1.29 is 5.11 Å². The Morgan fingerprint density at radius 1 is 1.33 bits per heavy atom. The molecule has 1 aliphatic rings. The average molecular weight is 291 g/mol. The van der Waals surface area contributed by atoms with Gasteiger partial charge < -0.3 is 5.11 Å². The first kappa shape index (κ1) is 11.4. The summed E-state index contributed by atoms with van der Waals surface area (Å²) in [6.45, 7) is 0. The Bertz CT molecular complexity index is 364. The molecule has 1 fully saturated rings. The molecule has 1 aliphatic carbocycles. The zero-order valence-corrected chi connectivity index (χ0v) is 10.7. The molecular weight excluding hydrogens is 277 g/mol. The Kier molecular flexibility index (Phi) is 3.33. The fourth-order valence-corrected chi connectivity index (χ4v) is 2.77. The molecule has 0 unspecified atom stereocenters. The molecule has 0 bridgehead atoms. The monoisotopic (exact) mass is 289 g/mol. The van der Waals surface area contributed by atoms with Gasteiger partial charge >= 0.3 is 0 Å². The van der Waals surface area contributed by atoms with E-state index in [1.165, 1.54) is 6.42 Å². The third-order valence-electron chi connectivity index (χ3n) is 2.99. The number of pyridine rings is 1. The van der Waals surface area contributed by atoms with Crippen molar-refractivity contribution in [2.24, 2.45) is 0 Å². The van der Waals surface area contributed by atoms with Gasteiger partial charge in [0.25, 0.3) is 0 Å². The van der Waals surface area contributed by atoms with Crippen LogP contribution < -0.4 is 0 Å². The van der Waals surface area contributed by atoms with Gasteiger partial charge in [-0.05, 0) is 34.8 Å². The number of rotatable bonds is 1. The molecule has 0 spiro atoms. The van der Waals surface area contributed by atoms with E-state index in [1.807, 2.05) is 6.07 Å². The topological polar surface area (TPSA) is 33.1 Å². The lowest BCUT2D eigenvalue weighted by atomic mass is 9.80. The normalized spacial score (nSPS) is 20.2. The van der Waals surface area contributed by atoms with Crippen LogP contribution in [0.2, 0.25) is 5.15 Å². The highest BCUT2D eigenvalue weighted by molar-refractivity contribution is 9.10. The molecule has 2 rings (SSSR count). The van der Waals surface area contributed by atoms with Crippen molar-refractivity contribution in [3.8, 4) is 0 Å². The van der Waals surface area contributed by atoms with Gasteiger partial charge in [-0.3, -0.25) is 0 Å². The molecule has 15 heavy (non-hydrogen) atoms. The third-order valence-corrected chi connectivity index (χ3v) is 3.72. The van der Waals surface area contributed by atoms with Crippen molar-refractivity contribution in [2.45, 2.75) is 37.7 Å². The summed E-state index contributed by atoms with van der Waals surface area (Å²) in [4.78, 5) is 4.06. The maximum absolute atomic E-state index is 10.5.